The molecule has 11 nitrogen and oxygen atoms in total. The van der Waals surface area contributed by atoms with E-state index in [1.54, 1.807) is 36.4 Å². The number of carboxylic acids is 1. The highest BCUT2D eigenvalue weighted by atomic mass is 32.2. The predicted octanol–water partition coefficient (Wildman–Crippen LogP) is 0.519. The van der Waals surface area contributed by atoms with Crippen LogP contribution in [0.2, 0.25) is 0 Å². The smallest absolute Gasteiger partial charge is 0.323 e. The molecule has 1 aliphatic rings. The second-order valence-corrected chi connectivity index (χ2v) is 8.99. The number of carbonyl (C=O) groups is 3. The normalized spacial score (nSPS) is 18.3. The number of aldehydes is 1. The van der Waals surface area contributed by atoms with E-state index in [1.807, 2.05) is 25.8 Å². The van der Waals surface area contributed by atoms with Gasteiger partial charge in [0.25, 0.3) is 5.91 Å². The third-order valence-electron chi connectivity index (χ3n) is 5.17. The van der Waals surface area contributed by atoms with E-state index < -0.39 is 28.9 Å². The number of nitrogens with two attached hydrogens (primary N) is 2. The van der Waals surface area contributed by atoms with Gasteiger partial charge in [0.1, 0.15) is 23.3 Å². The Morgan fingerprint density at radius 1 is 1.28 bits per heavy atom. The molecule has 0 aliphatic carbocycles. The highest BCUT2D eigenvalue weighted by Gasteiger charge is 2.24. The van der Waals surface area contributed by atoms with Crippen LogP contribution in [0.25, 0.3) is 0 Å². The summed E-state index contributed by atoms with van der Waals surface area (Å²) in [5.41, 5.74) is 11.7. The highest BCUT2D eigenvalue weighted by molar-refractivity contribution is 7.83. The van der Waals surface area contributed by atoms with Crippen molar-refractivity contribution in [2.24, 2.45) is 22.4 Å². The van der Waals surface area contributed by atoms with Gasteiger partial charge in [-0.25, -0.2) is 8.93 Å². The standard InChI is InChI=1S/C22H30N6O5S.C2H6/c1-28-14-15(12-26-22(23)24)7-8-17(28)11-16(9-10-29)20(30)25-13-19(21(31)32)27-34(33)18-5-3-2-4-6-18;1-2/h2-6,9-11,15,19,27H,7-8,12-14H2,1H3,(H,25,30)(H,31,32)(H4,23,24,26);1-2H3/b16-9+,17-11-;. The Balaban J connectivity index is 0.00000316. The number of allylic oxidation sites excluding steroid dienone is 2. The number of benzene rings is 1. The minimum Gasteiger partial charge on any atom is -0.480 e. The van der Waals surface area contributed by atoms with Crippen molar-refractivity contribution < 1.29 is 23.7 Å². The van der Waals surface area contributed by atoms with Crippen LogP contribution < -0.4 is 21.5 Å². The summed E-state index contributed by atoms with van der Waals surface area (Å²) in [6.07, 6.45) is 4.67. The minimum absolute atomic E-state index is 0.0404. The van der Waals surface area contributed by atoms with Crippen molar-refractivity contribution in [1.82, 2.24) is 14.9 Å². The molecule has 1 fully saturated rings. The third kappa shape index (κ3) is 10.4. The van der Waals surface area contributed by atoms with Crippen molar-refractivity contribution in [1.29, 1.82) is 0 Å². The molecule has 0 saturated carbocycles. The molecule has 1 saturated heterocycles. The van der Waals surface area contributed by atoms with Crippen molar-refractivity contribution in [2.45, 2.75) is 37.6 Å². The van der Waals surface area contributed by atoms with Gasteiger partial charge in [-0.3, -0.25) is 19.4 Å². The Bertz CT molecular complexity index is 992. The number of hydrogen-bond acceptors (Lipinski definition) is 6. The van der Waals surface area contributed by atoms with E-state index in [-0.39, 0.29) is 24.0 Å². The van der Waals surface area contributed by atoms with Gasteiger partial charge in [0.15, 0.2) is 5.96 Å². The van der Waals surface area contributed by atoms with E-state index in [0.717, 1.165) is 18.2 Å². The van der Waals surface area contributed by atoms with Crippen molar-refractivity contribution >= 4 is 35.1 Å². The molecule has 7 N–H and O–H groups in total. The zero-order valence-electron chi connectivity index (χ0n) is 20.8. The van der Waals surface area contributed by atoms with E-state index in [4.69, 9.17) is 11.5 Å². The Morgan fingerprint density at radius 2 is 1.94 bits per heavy atom. The number of likely N-dealkylation sites (tertiary alicyclic amines) is 1. The van der Waals surface area contributed by atoms with Crippen LogP contribution in [-0.4, -0.2) is 71.1 Å². The average molecular weight is 521 g/mol. The lowest BCUT2D eigenvalue weighted by molar-refractivity contribution is -0.138. The lowest BCUT2D eigenvalue weighted by Gasteiger charge is -2.33. The van der Waals surface area contributed by atoms with E-state index in [1.165, 1.54) is 0 Å². The molecule has 0 spiro atoms. The number of nitrogens with zero attached hydrogens (tertiary/aromatic N) is 2. The molecule has 0 aromatic heterocycles. The largest absolute Gasteiger partial charge is 0.480 e. The second kappa shape index (κ2) is 16.2. The van der Waals surface area contributed by atoms with Gasteiger partial charge in [0.2, 0.25) is 0 Å². The maximum absolute atomic E-state index is 12.7. The molecule has 3 unspecified atom stereocenters. The Labute approximate surface area is 214 Å². The number of piperidine rings is 1. The molecule has 1 heterocycles. The quantitative estimate of drug-likeness (QED) is 0.121. The molecule has 1 aromatic rings. The summed E-state index contributed by atoms with van der Waals surface area (Å²) >= 11 is 0. The number of guanidine groups is 1. The monoisotopic (exact) mass is 520 g/mol. The van der Waals surface area contributed by atoms with Crippen LogP contribution >= 0.6 is 0 Å². The van der Waals surface area contributed by atoms with Crippen LogP contribution in [0.4, 0.5) is 0 Å². The predicted molar refractivity (Wildman–Crippen MR) is 140 cm³/mol. The Hall–Kier alpha value is -3.51. The zero-order valence-corrected chi connectivity index (χ0v) is 21.7. The number of rotatable bonds is 11. The first kappa shape index (κ1) is 30.5. The lowest BCUT2D eigenvalue weighted by atomic mass is 9.95. The van der Waals surface area contributed by atoms with E-state index >= 15 is 0 Å². The van der Waals surface area contributed by atoms with E-state index in [0.29, 0.717) is 30.7 Å². The number of carbonyl (C=O) groups excluding carboxylic acids is 2. The summed E-state index contributed by atoms with van der Waals surface area (Å²) < 4.78 is 14.9. The molecule has 3 atom stereocenters. The first-order valence-electron chi connectivity index (χ1n) is 11.6. The second-order valence-electron chi connectivity index (χ2n) is 7.75. The van der Waals surface area contributed by atoms with Gasteiger partial charge in [-0.05, 0) is 43.0 Å². The maximum atomic E-state index is 12.7. The number of carboxylic acid groups (broad SMARTS) is 1. The minimum atomic E-state index is -1.78. The van der Waals surface area contributed by atoms with Crippen LogP contribution in [0.3, 0.4) is 0 Å². The molecular formula is C24H36N6O5S. The van der Waals surface area contributed by atoms with Crippen LogP contribution in [0, 0.1) is 5.92 Å². The topological polar surface area (TPSA) is 180 Å². The molecule has 12 heteroatoms. The molecular weight excluding hydrogens is 484 g/mol. The van der Waals surface area contributed by atoms with Gasteiger partial charge < -0.3 is 26.8 Å². The molecule has 2 rings (SSSR count). The van der Waals surface area contributed by atoms with Gasteiger partial charge in [-0.1, -0.05) is 32.0 Å². The van der Waals surface area contributed by atoms with Gasteiger partial charge in [-0.2, -0.15) is 0 Å². The maximum Gasteiger partial charge on any atom is 0.323 e. The third-order valence-corrected chi connectivity index (χ3v) is 6.37. The highest BCUT2D eigenvalue weighted by Crippen LogP contribution is 2.25. The molecule has 36 heavy (non-hydrogen) atoms. The van der Waals surface area contributed by atoms with Gasteiger partial charge in [-0.15, -0.1) is 0 Å². The average Bonchev–Trinajstić information content (AvgIpc) is 2.87. The summed E-state index contributed by atoms with van der Waals surface area (Å²) in [4.78, 5) is 41.8. The lowest BCUT2D eigenvalue weighted by Crippen LogP contribution is -2.46. The first-order valence-corrected chi connectivity index (χ1v) is 12.7. The van der Waals surface area contributed by atoms with Crippen LogP contribution in [0.5, 0.6) is 0 Å². The van der Waals surface area contributed by atoms with E-state index in [9.17, 15) is 23.7 Å². The number of nitrogens with one attached hydrogen (secondary N) is 2. The number of aliphatic carboxylic acids is 1. The summed E-state index contributed by atoms with van der Waals surface area (Å²) in [5, 5.41) is 12.0. The fraction of sp³-hybridized carbons (Fsp3) is 0.417. The number of amides is 1. The van der Waals surface area contributed by atoms with Crippen molar-refractivity contribution in [2.75, 3.05) is 26.7 Å². The Morgan fingerprint density at radius 3 is 2.50 bits per heavy atom. The fourth-order valence-corrected chi connectivity index (χ4v) is 4.35. The fourth-order valence-electron chi connectivity index (χ4n) is 3.36. The van der Waals surface area contributed by atoms with Gasteiger partial charge in [0, 0.05) is 38.0 Å². The summed E-state index contributed by atoms with van der Waals surface area (Å²) in [7, 11) is 0.0903. The van der Waals surface area contributed by atoms with Gasteiger partial charge in [0.05, 0.1) is 4.90 Å². The molecule has 0 bridgehead atoms. The number of aliphatic imine (C=N–C) groups is 1. The van der Waals surface area contributed by atoms with Crippen LogP contribution in [0.15, 0.2) is 63.6 Å². The Kier molecular flexibility index (Phi) is 13.7. The van der Waals surface area contributed by atoms with Crippen molar-refractivity contribution in [3.8, 4) is 0 Å². The molecule has 1 aliphatic heterocycles. The summed E-state index contributed by atoms with van der Waals surface area (Å²) in [6, 6.07) is 7.01. The number of hydrogen-bond donors (Lipinski definition) is 5. The van der Waals surface area contributed by atoms with E-state index in [2.05, 4.69) is 15.0 Å². The van der Waals surface area contributed by atoms with Crippen LogP contribution in [0.1, 0.15) is 26.7 Å². The van der Waals surface area contributed by atoms with Gasteiger partial charge >= 0.3 is 5.97 Å². The van der Waals surface area contributed by atoms with Crippen molar-refractivity contribution in [3.05, 3.63) is 53.8 Å². The molecule has 1 aromatic carbocycles. The van der Waals surface area contributed by atoms with Crippen molar-refractivity contribution in [3.63, 3.8) is 0 Å². The summed E-state index contributed by atoms with van der Waals surface area (Å²) in [5.74, 6) is -1.60. The molecule has 1 amide bonds. The molecule has 0 radical (unpaired) electrons. The summed E-state index contributed by atoms with van der Waals surface area (Å²) in [6.45, 7) is 4.85. The first-order chi connectivity index (χ1) is 17.2. The van der Waals surface area contributed by atoms with Crippen LogP contribution in [-0.2, 0) is 25.4 Å². The SMILES string of the molecule is CC.CN1CC(CN=C(N)N)CC/C1=C/C(=C\C=O)C(=O)NCC(NS(=O)c1ccccc1)C(=O)O. The zero-order chi connectivity index (χ0) is 27.1. The molecule has 198 valence electrons.